The lowest BCUT2D eigenvalue weighted by molar-refractivity contribution is -0.156. The molecule has 0 amide bonds. The topological polar surface area (TPSA) is 70.8 Å². The Bertz CT molecular complexity index is 1020. The lowest BCUT2D eigenvalue weighted by atomic mass is 9.85. The van der Waals surface area contributed by atoms with Crippen LogP contribution in [0.4, 0.5) is 0 Å². The van der Waals surface area contributed by atoms with E-state index in [9.17, 15) is 4.79 Å². The van der Waals surface area contributed by atoms with Crippen molar-refractivity contribution in [2.45, 2.75) is 58.0 Å². The van der Waals surface area contributed by atoms with Gasteiger partial charge in [-0.2, -0.15) is 0 Å². The highest BCUT2D eigenvalue weighted by atomic mass is 16.6. The maximum absolute atomic E-state index is 13.0. The van der Waals surface area contributed by atoms with Gasteiger partial charge in [-0.15, -0.1) is 0 Å². The Morgan fingerprint density at radius 2 is 1.33 bits per heavy atom. The quantitative estimate of drug-likeness (QED) is 0.315. The summed E-state index contributed by atoms with van der Waals surface area (Å²) in [7, 11) is 0. The van der Waals surface area contributed by atoms with Crippen LogP contribution in [0.15, 0.2) is 84.9 Å². The molecule has 33 heavy (non-hydrogen) atoms. The Morgan fingerprint density at radius 1 is 0.818 bits per heavy atom. The van der Waals surface area contributed by atoms with Crippen LogP contribution in [0.2, 0.25) is 0 Å². The third-order valence-electron chi connectivity index (χ3n) is 5.36. The number of esters is 1. The summed E-state index contributed by atoms with van der Waals surface area (Å²) in [6.45, 7) is 7.61. The first-order valence-electron chi connectivity index (χ1n) is 11.3. The van der Waals surface area contributed by atoms with Crippen molar-refractivity contribution in [3.05, 3.63) is 96.1 Å². The summed E-state index contributed by atoms with van der Waals surface area (Å²) < 4.78 is 17.9. The second-order valence-electron chi connectivity index (χ2n) is 8.80. The van der Waals surface area contributed by atoms with Gasteiger partial charge in [-0.05, 0) is 51.0 Å². The molecule has 0 saturated carbocycles. The lowest BCUT2D eigenvalue weighted by Crippen LogP contribution is -2.38. The van der Waals surface area contributed by atoms with Gasteiger partial charge in [0.15, 0.2) is 17.7 Å². The predicted molar refractivity (Wildman–Crippen MR) is 130 cm³/mol. The lowest BCUT2D eigenvalue weighted by Gasteiger charge is -2.28. The minimum Gasteiger partial charge on any atom is -0.487 e. The van der Waals surface area contributed by atoms with Gasteiger partial charge in [0, 0.05) is 6.42 Å². The summed E-state index contributed by atoms with van der Waals surface area (Å²) in [5.74, 6) is 0.893. The van der Waals surface area contributed by atoms with Gasteiger partial charge in [0.1, 0.15) is 6.10 Å². The molecule has 3 rings (SSSR count). The molecule has 174 valence electrons. The second kappa shape index (κ2) is 11.0. The van der Waals surface area contributed by atoms with E-state index in [2.05, 4.69) is 0 Å². The number of rotatable bonds is 10. The van der Waals surface area contributed by atoms with Crippen molar-refractivity contribution in [2.75, 3.05) is 0 Å². The van der Waals surface area contributed by atoms with Crippen LogP contribution in [0, 0.1) is 0 Å². The van der Waals surface area contributed by atoms with Gasteiger partial charge in [-0.1, -0.05) is 72.8 Å². The Kier molecular flexibility index (Phi) is 8.12. The fourth-order valence-electron chi connectivity index (χ4n) is 3.49. The zero-order valence-corrected chi connectivity index (χ0v) is 19.7. The maximum Gasteiger partial charge on any atom is 0.317 e. The third kappa shape index (κ3) is 6.59. The van der Waals surface area contributed by atoms with Crippen LogP contribution in [0.3, 0.4) is 0 Å². The minimum atomic E-state index is -0.844. The van der Waals surface area contributed by atoms with Gasteiger partial charge in [0.25, 0.3) is 0 Å². The Balaban J connectivity index is 1.77. The van der Waals surface area contributed by atoms with E-state index in [1.54, 1.807) is 0 Å². The van der Waals surface area contributed by atoms with E-state index in [0.29, 0.717) is 11.5 Å². The summed E-state index contributed by atoms with van der Waals surface area (Å²) in [5.41, 5.74) is 7.29. The van der Waals surface area contributed by atoms with Crippen LogP contribution in [-0.2, 0) is 14.9 Å². The summed E-state index contributed by atoms with van der Waals surface area (Å²) in [6.07, 6.45) is -0.973. The number of carbonyl (C=O) groups is 1. The summed E-state index contributed by atoms with van der Waals surface area (Å²) in [6, 6.07) is 26.9. The van der Waals surface area contributed by atoms with E-state index in [-0.39, 0.29) is 18.5 Å². The average Bonchev–Trinajstić information content (AvgIpc) is 2.80. The molecule has 0 spiro atoms. The number of nitrogens with two attached hydrogens (primary N) is 1. The molecule has 0 aromatic heterocycles. The molecule has 5 heteroatoms. The average molecular weight is 448 g/mol. The van der Waals surface area contributed by atoms with Crippen molar-refractivity contribution in [2.24, 2.45) is 5.73 Å². The van der Waals surface area contributed by atoms with Crippen molar-refractivity contribution in [3.8, 4) is 11.5 Å². The molecule has 0 aliphatic rings. The van der Waals surface area contributed by atoms with E-state index in [4.69, 9.17) is 19.9 Å². The second-order valence-corrected chi connectivity index (χ2v) is 8.80. The summed E-state index contributed by atoms with van der Waals surface area (Å²) >= 11 is 0. The minimum absolute atomic E-state index is 0.00774. The molecule has 0 heterocycles. The van der Waals surface area contributed by atoms with E-state index in [1.807, 2.05) is 113 Å². The molecule has 0 fully saturated rings. The Morgan fingerprint density at radius 3 is 1.91 bits per heavy atom. The molecule has 5 nitrogen and oxygen atoms in total. The fraction of sp³-hybridized carbons (Fsp3) is 0.321. The molecule has 0 aliphatic carbocycles. The molecule has 0 bridgehead atoms. The van der Waals surface area contributed by atoms with Crippen LogP contribution in [0.25, 0.3) is 0 Å². The molecular weight excluding hydrogens is 414 g/mol. The number of benzene rings is 3. The van der Waals surface area contributed by atoms with Crippen LogP contribution in [0.1, 0.15) is 51.3 Å². The number of ether oxygens (including phenoxy) is 3. The highest BCUT2D eigenvalue weighted by Crippen LogP contribution is 2.34. The first-order chi connectivity index (χ1) is 15.8. The normalized spacial score (nSPS) is 13.3. The largest absolute Gasteiger partial charge is 0.487 e. The van der Waals surface area contributed by atoms with Crippen LogP contribution in [-0.4, -0.2) is 18.3 Å². The predicted octanol–water partition coefficient (Wildman–Crippen LogP) is 5.79. The molecule has 2 atom stereocenters. The number of carbonyl (C=O) groups excluding carboxylic acids is 1. The molecule has 2 N–H and O–H groups in total. The Hall–Kier alpha value is -3.31. The van der Waals surface area contributed by atoms with E-state index in [0.717, 1.165) is 11.1 Å². The molecule has 2 unspecified atom stereocenters. The third-order valence-corrected chi connectivity index (χ3v) is 5.36. The molecule has 0 aliphatic heterocycles. The molecule has 0 saturated heterocycles. The molecule has 3 aromatic carbocycles. The molecule has 3 aromatic rings. The van der Waals surface area contributed by atoms with Crippen molar-refractivity contribution in [1.29, 1.82) is 0 Å². The van der Waals surface area contributed by atoms with Gasteiger partial charge in [-0.3, -0.25) is 10.5 Å². The smallest absolute Gasteiger partial charge is 0.317 e. The number of hydrogen-bond donors (Lipinski definition) is 1. The van der Waals surface area contributed by atoms with Crippen molar-refractivity contribution < 1.29 is 19.0 Å². The first-order valence-corrected chi connectivity index (χ1v) is 11.3. The Labute approximate surface area is 196 Å². The van der Waals surface area contributed by atoms with Crippen molar-refractivity contribution in [3.63, 3.8) is 0 Å². The van der Waals surface area contributed by atoms with Crippen LogP contribution < -0.4 is 15.2 Å². The van der Waals surface area contributed by atoms with Gasteiger partial charge >= 0.3 is 5.97 Å². The number of para-hydroxylation sites is 2. The van der Waals surface area contributed by atoms with E-state index < -0.39 is 17.7 Å². The maximum atomic E-state index is 13.0. The highest BCUT2D eigenvalue weighted by Gasteiger charge is 2.33. The summed E-state index contributed by atoms with van der Waals surface area (Å²) in [5, 5.41) is 0. The van der Waals surface area contributed by atoms with Gasteiger partial charge in [-0.25, -0.2) is 0 Å². The first kappa shape index (κ1) is 24.3. The van der Waals surface area contributed by atoms with Gasteiger partial charge < -0.3 is 14.2 Å². The van der Waals surface area contributed by atoms with Gasteiger partial charge in [0.2, 0.25) is 0 Å². The van der Waals surface area contributed by atoms with E-state index in [1.165, 1.54) is 0 Å². The molecular formula is C28H33NO4. The molecule has 0 radical (unpaired) electrons. The summed E-state index contributed by atoms with van der Waals surface area (Å²) in [4.78, 5) is 13.0. The van der Waals surface area contributed by atoms with E-state index >= 15 is 0 Å². The van der Waals surface area contributed by atoms with Crippen molar-refractivity contribution in [1.82, 2.24) is 0 Å². The SMILES string of the molecule is CC(C)Oc1ccccc1OC(CC(N)OC(=O)C(C)(C)c1ccccc1)c1ccccc1. The van der Waals surface area contributed by atoms with Crippen LogP contribution >= 0.6 is 0 Å². The van der Waals surface area contributed by atoms with Crippen molar-refractivity contribution >= 4 is 5.97 Å². The monoisotopic (exact) mass is 447 g/mol. The zero-order valence-electron chi connectivity index (χ0n) is 19.7. The number of hydrogen-bond acceptors (Lipinski definition) is 5. The highest BCUT2D eigenvalue weighted by molar-refractivity contribution is 5.82. The standard InChI is InChI=1S/C28H33NO4/c1-20(2)31-23-17-11-12-18-24(23)32-25(21-13-7-5-8-14-21)19-26(29)33-27(30)28(3,4)22-15-9-6-10-16-22/h5-18,20,25-26H,19,29H2,1-4H3. The van der Waals surface area contributed by atoms with Crippen LogP contribution in [0.5, 0.6) is 11.5 Å². The van der Waals surface area contributed by atoms with Gasteiger partial charge in [0.05, 0.1) is 11.5 Å². The fourth-order valence-corrected chi connectivity index (χ4v) is 3.49. The zero-order chi connectivity index (χ0) is 23.8.